The molecule has 138 valence electrons. The van der Waals surface area contributed by atoms with Crippen LogP contribution >= 0.6 is 23.4 Å². The highest BCUT2D eigenvalue weighted by Gasteiger charge is 2.11. The number of nitrogens with zero attached hydrogens (tertiary/aromatic N) is 1. The van der Waals surface area contributed by atoms with E-state index in [0.29, 0.717) is 10.7 Å². The number of amides is 1. The Kier molecular flexibility index (Phi) is 7.47. The molecular formula is C20H17ClN2O3S. The van der Waals surface area contributed by atoms with Gasteiger partial charge in [0.15, 0.2) is 6.61 Å². The first kappa shape index (κ1) is 20.6. The van der Waals surface area contributed by atoms with Gasteiger partial charge in [0.1, 0.15) is 5.40 Å². The minimum Gasteiger partial charge on any atom is -0.452 e. The Labute approximate surface area is 167 Å². The fraction of sp³-hybridized carbons (Fsp3) is 0.150. The Morgan fingerprint density at radius 2 is 1.85 bits per heavy atom. The van der Waals surface area contributed by atoms with E-state index in [0.717, 1.165) is 33.3 Å². The maximum atomic E-state index is 12.1. The van der Waals surface area contributed by atoms with Gasteiger partial charge in [0, 0.05) is 21.7 Å². The standard InChI is InChI=1S/C20H17ClN2O3S/c1-13-9-17(27-12-22)10-14(2)20(13)23-18(24)11-26-19(25)8-5-15-3-6-16(21)7-4-15/h3-10H,11H2,1-2H3,(H,23,24)/b8-5+. The number of hydrogen-bond donors (Lipinski definition) is 1. The second kappa shape index (κ2) is 9.81. The summed E-state index contributed by atoms with van der Waals surface area (Å²) >= 11 is 6.85. The molecule has 0 heterocycles. The summed E-state index contributed by atoms with van der Waals surface area (Å²) < 4.78 is 4.95. The molecule has 1 N–H and O–H groups in total. The van der Waals surface area contributed by atoms with E-state index in [2.05, 4.69) is 5.32 Å². The van der Waals surface area contributed by atoms with Crippen molar-refractivity contribution in [2.75, 3.05) is 11.9 Å². The lowest BCUT2D eigenvalue weighted by Crippen LogP contribution is -2.21. The van der Waals surface area contributed by atoms with Crippen LogP contribution in [0.5, 0.6) is 0 Å². The van der Waals surface area contributed by atoms with Crippen LogP contribution in [0.3, 0.4) is 0 Å². The van der Waals surface area contributed by atoms with Gasteiger partial charge in [0.05, 0.1) is 0 Å². The van der Waals surface area contributed by atoms with E-state index in [1.54, 1.807) is 30.3 Å². The normalized spacial score (nSPS) is 10.4. The number of carbonyl (C=O) groups is 2. The first-order chi connectivity index (χ1) is 12.9. The van der Waals surface area contributed by atoms with Gasteiger partial charge in [0.2, 0.25) is 0 Å². The van der Waals surface area contributed by atoms with Gasteiger partial charge < -0.3 is 10.1 Å². The minimum absolute atomic E-state index is 0.391. The molecule has 0 aliphatic heterocycles. The molecule has 7 heteroatoms. The van der Waals surface area contributed by atoms with E-state index in [1.165, 1.54) is 6.08 Å². The van der Waals surface area contributed by atoms with Crippen LogP contribution in [0.1, 0.15) is 16.7 Å². The first-order valence-electron chi connectivity index (χ1n) is 7.96. The number of halogens is 1. The Balaban J connectivity index is 1.90. The van der Waals surface area contributed by atoms with Gasteiger partial charge in [-0.25, -0.2) is 4.79 Å². The quantitative estimate of drug-likeness (QED) is 0.328. The van der Waals surface area contributed by atoms with Gasteiger partial charge in [-0.3, -0.25) is 4.79 Å². The number of aryl methyl sites for hydroxylation is 2. The molecule has 0 aliphatic carbocycles. The minimum atomic E-state index is -0.616. The molecule has 0 unspecified atom stereocenters. The van der Waals surface area contributed by atoms with Gasteiger partial charge in [-0.05, 0) is 72.6 Å². The molecule has 2 aromatic carbocycles. The van der Waals surface area contributed by atoms with Crippen LogP contribution < -0.4 is 5.32 Å². The van der Waals surface area contributed by atoms with Crippen LogP contribution in [0.25, 0.3) is 6.08 Å². The molecule has 2 rings (SSSR count). The van der Waals surface area contributed by atoms with Gasteiger partial charge >= 0.3 is 5.97 Å². The second-order valence-corrected chi connectivity index (χ2v) is 6.96. The molecule has 0 radical (unpaired) electrons. The number of thioether (sulfide) groups is 1. The van der Waals surface area contributed by atoms with E-state index in [9.17, 15) is 9.59 Å². The van der Waals surface area contributed by atoms with Crippen molar-refractivity contribution in [1.82, 2.24) is 0 Å². The maximum Gasteiger partial charge on any atom is 0.331 e. The third kappa shape index (κ3) is 6.48. The summed E-state index contributed by atoms with van der Waals surface area (Å²) in [5.41, 5.74) is 3.10. The highest BCUT2D eigenvalue weighted by molar-refractivity contribution is 8.03. The molecule has 0 atom stereocenters. The van der Waals surface area contributed by atoms with Crippen molar-refractivity contribution in [3.8, 4) is 5.40 Å². The molecule has 0 spiro atoms. The topological polar surface area (TPSA) is 79.2 Å². The largest absolute Gasteiger partial charge is 0.452 e. The Bertz CT molecular complexity index is 895. The molecular weight excluding hydrogens is 384 g/mol. The van der Waals surface area contributed by atoms with Crippen molar-refractivity contribution in [2.24, 2.45) is 0 Å². The van der Waals surface area contributed by atoms with Gasteiger partial charge in [0.25, 0.3) is 5.91 Å². The number of rotatable bonds is 6. The number of thiocyanates is 1. The summed E-state index contributed by atoms with van der Waals surface area (Å²) in [6, 6.07) is 10.6. The van der Waals surface area contributed by atoms with Crippen molar-refractivity contribution in [3.05, 3.63) is 64.2 Å². The summed E-state index contributed by atoms with van der Waals surface area (Å²) in [6.45, 7) is 3.28. The molecule has 0 fully saturated rings. The first-order valence-corrected chi connectivity index (χ1v) is 9.16. The van der Waals surface area contributed by atoms with Crippen LogP contribution in [0.4, 0.5) is 5.69 Å². The van der Waals surface area contributed by atoms with Crippen LogP contribution in [0.2, 0.25) is 5.02 Å². The van der Waals surface area contributed by atoms with E-state index in [4.69, 9.17) is 21.6 Å². The van der Waals surface area contributed by atoms with Crippen LogP contribution in [-0.4, -0.2) is 18.5 Å². The summed E-state index contributed by atoms with van der Waals surface area (Å²) in [7, 11) is 0. The number of ether oxygens (including phenoxy) is 1. The number of benzene rings is 2. The zero-order valence-electron chi connectivity index (χ0n) is 14.8. The van der Waals surface area contributed by atoms with Gasteiger partial charge in [-0.15, -0.1) is 0 Å². The van der Waals surface area contributed by atoms with Crippen LogP contribution in [0.15, 0.2) is 47.4 Å². The zero-order valence-corrected chi connectivity index (χ0v) is 16.4. The Hall–Kier alpha value is -2.75. The van der Waals surface area contributed by atoms with Crippen molar-refractivity contribution in [1.29, 1.82) is 5.26 Å². The lowest BCUT2D eigenvalue weighted by molar-refractivity contribution is -0.142. The summed E-state index contributed by atoms with van der Waals surface area (Å²) in [6.07, 6.45) is 2.83. The number of carbonyl (C=O) groups excluding carboxylic acids is 2. The second-order valence-electron chi connectivity index (χ2n) is 5.67. The molecule has 0 saturated carbocycles. The molecule has 0 aromatic heterocycles. The molecule has 0 saturated heterocycles. The Morgan fingerprint density at radius 3 is 2.44 bits per heavy atom. The molecule has 0 bridgehead atoms. The fourth-order valence-corrected chi connectivity index (χ4v) is 3.03. The lowest BCUT2D eigenvalue weighted by Gasteiger charge is -2.12. The predicted molar refractivity (Wildman–Crippen MR) is 107 cm³/mol. The Morgan fingerprint density at radius 1 is 1.22 bits per heavy atom. The van der Waals surface area contributed by atoms with E-state index < -0.39 is 18.5 Å². The van der Waals surface area contributed by atoms with Gasteiger partial charge in [-0.2, -0.15) is 5.26 Å². The number of nitriles is 1. The predicted octanol–water partition coefficient (Wildman–Crippen LogP) is 4.73. The third-order valence-corrected chi connectivity index (χ3v) is 4.38. The van der Waals surface area contributed by atoms with Gasteiger partial charge in [-0.1, -0.05) is 23.7 Å². The average molecular weight is 401 g/mol. The maximum absolute atomic E-state index is 12.1. The summed E-state index contributed by atoms with van der Waals surface area (Å²) in [5, 5.41) is 14.1. The highest BCUT2D eigenvalue weighted by atomic mass is 35.5. The zero-order chi connectivity index (χ0) is 19.8. The number of esters is 1. The molecule has 27 heavy (non-hydrogen) atoms. The van der Waals surface area contributed by atoms with Crippen molar-refractivity contribution in [3.63, 3.8) is 0 Å². The average Bonchev–Trinajstić information content (AvgIpc) is 2.63. The molecule has 5 nitrogen and oxygen atoms in total. The summed E-state index contributed by atoms with van der Waals surface area (Å²) in [4.78, 5) is 24.6. The smallest absolute Gasteiger partial charge is 0.331 e. The number of hydrogen-bond acceptors (Lipinski definition) is 5. The van der Waals surface area contributed by atoms with Crippen molar-refractivity contribution < 1.29 is 14.3 Å². The highest BCUT2D eigenvalue weighted by Crippen LogP contribution is 2.27. The molecule has 1 amide bonds. The molecule has 0 aliphatic rings. The van der Waals surface area contributed by atoms with Crippen LogP contribution in [-0.2, 0) is 14.3 Å². The van der Waals surface area contributed by atoms with Crippen molar-refractivity contribution >= 4 is 47.0 Å². The lowest BCUT2D eigenvalue weighted by atomic mass is 10.1. The van der Waals surface area contributed by atoms with Crippen molar-refractivity contribution in [2.45, 2.75) is 18.7 Å². The van der Waals surface area contributed by atoms with E-state index >= 15 is 0 Å². The van der Waals surface area contributed by atoms with E-state index in [1.807, 2.05) is 31.4 Å². The van der Waals surface area contributed by atoms with Crippen LogP contribution in [0, 0.1) is 24.5 Å². The number of anilines is 1. The molecule has 2 aromatic rings. The monoisotopic (exact) mass is 400 g/mol. The summed E-state index contributed by atoms with van der Waals surface area (Å²) in [5.74, 6) is -1.05. The third-order valence-electron chi connectivity index (χ3n) is 3.56. The van der Waals surface area contributed by atoms with E-state index in [-0.39, 0.29) is 0 Å². The fourth-order valence-electron chi connectivity index (χ4n) is 2.33. The SMILES string of the molecule is Cc1cc(SC#N)cc(C)c1NC(=O)COC(=O)/C=C/c1ccc(Cl)cc1. The number of nitrogens with one attached hydrogen (secondary N) is 1.